The van der Waals surface area contributed by atoms with Crippen molar-refractivity contribution in [2.45, 2.75) is 12.5 Å². The fourth-order valence-electron chi connectivity index (χ4n) is 2.39. The summed E-state index contributed by atoms with van der Waals surface area (Å²) in [4.78, 5) is 19.9. The van der Waals surface area contributed by atoms with Crippen LogP contribution in [0.5, 0.6) is 5.75 Å². The van der Waals surface area contributed by atoms with Crippen LogP contribution in [0.1, 0.15) is 6.42 Å². The number of para-hydroxylation sites is 1. The molecule has 1 aliphatic rings. The predicted molar refractivity (Wildman–Crippen MR) is 88.1 cm³/mol. The van der Waals surface area contributed by atoms with E-state index in [-0.39, 0.29) is 12.6 Å². The van der Waals surface area contributed by atoms with Gasteiger partial charge in [0.2, 0.25) is 0 Å². The number of rotatable bonds is 6. The lowest BCUT2D eigenvalue weighted by Gasteiger charge is -2.14. The van der Waals surface area contributed by atoms with Crippen LogP contribution >= 0.6 is 0 Å². The van der Waals surface area contributed by atoms with Gasteiger partial charge >= 0.3 is 6.09 Å². The number of aromatic nitrogens is 1. The molecule has 0 aliphatic carbocycles. The lowest BCUT2D eigenvalue weighted by molar-refractivity contribution is 0.0472. The van der Waals surface area contributed by atoms with E-state index in [0.717, 1.165) is 16.9 Å². The Morgan fingerprint density at radius 3 is 3.00 bits per heavy atom. The Morgan fingerprint density at radius 2 is 2.21 bits per heavy atom. The molecule has 0 radical (unpaired) electrons. The third-order valence-corrected chi connectivity index (χ3v) is 3.52. The Hall–Kier alpha value is -3.09. The quantitative estimate of drug-likeness (QED) is 0.850. The first-order chi connectivity index (χ1) is 11.7. The summed E-state index contributed by atoms with van der Waals surface area (Å²) < 4.78 is 5.89. The smallest absolute Gasteiger partial charge is 0.404 e. The molecule has 0 saturated heterocycles. The topological polar surface area (TPSA) is 93.0 Å². The number of ether oxygens (including phenoxy) is 1. The fourth-order valence-corrected chi connectivity index (χ4v) is 2.39. The van der Waals surface area contributed by atoms with Crippen molar-refractivity contribution in [1.29, 1.82) is 0 Å². The number of hydrogen-bond acceptors (Lipinski definition) is 5. The summed E-state index contributed by atoms with van der Waals surface area (Å²) in [6, 6.07) is 11.6. The lowest BCUT2D eigenvalue weighted by atomic mass is 10.1. The lowest BCUT2D eigenvalue weighted by Crippen LogP contribution is -2.28. The van der Waals surface area contributed by atoms with E-state index in [2.05, 4.69) is 15.5 Å². The summed E-state index contributed by atoms with van der Waals surface area (Å²) in [5.41, 5.74) is 2.59. The number of nitrogens with one attached hydrogen (secondary N) is 1. The molecule has 0 saturated carbocycles. The first-order valence-corrected chi connectivity index (χ1v) is 7.53. The number of carboxylic acid groups (broad SMARTS) is 1. The van der Waals surface area contributed by atoms with Crippen molar-refractivity contribution in [2.75, 3.05) is 13.2 Å². The Labute approximate surface area is 138 Å². The van der Waals surface area contributed by atoms with Crippen LogP contribution < -0.4 is 10.1 Å². The zero-order valence-electron chi connectivity index (χ0n) is 12.9. The van der Waals surface area contributed by atoms with Crippen molar-refractivity contribution in [3.05, 3.63) is 48.8 Å². The van der Waals surface area contributed by atoms with Gasteiger partial charge in [0.15, 0.2) is 6.10 Å². The van der Waals surface area contributed by atoms with Gasteiger partial charge in [-0.2, -0.15) is 0 Å². The van der Waals surface area contributed by atoms with Gasteiger partial charge in [0.1, 0.15) is 12.4 Å². The van der Waals surface area contributed by atoms with Crippen molar-refractivity contribution in [3.8, 4) is 16.9 Å². The molecule has 3 rings (SSSR count). The van der Waals surface area contributed by atoms with Gasteiger partial charge in [-0.15, -0.1) is 0 Å². The molecule has 2 N–H and O–H groups in total. The number of hydrogen-bond donors (Lipinski definition) is 2. The Morgan fingerprint density at radius 1 is 1.33 bits per heavy atom. The van der Waals surface area contributed by atoms with E-state index in [1.54, 1.807) is 12.4 Å². The zero-order valence-corrected chi connectivity index (χ0v) is 12.9. The van der Waals surface area contributed by atoms with Gasteiger partial charge < -0.3 is 20.0 Å². The first-order valence-electron chi connectivity index (χ1n) is 7.53. The van der Waals surface area contributed by atoms with Crippen molar-refractivity contribution in [2.24, 2.45) is 5.16 Å². The van der Waals surface area contributed by atoms with Crippen molar-refractivity contribution in [3.63, 3.8) is 0 Å². The highest BCUT2D eigenvalue weighted by Gasteiger charge is 2.22. The minimum absolute atomic E-state index is 0.165. The van der Waals surface area contributed by atoms with Crippen LogP contribution in [0.25, 0.3) is 11.1 Å². The number of nitrogens with zero attached hydrogens (tertiary/aromatic N) is 2. The van der Waals surface area contributed by atoms with E-state index in [1.807, 2.05) is 36.4 Å². The number of pyridine rings is 1. The molecule has 7 heteroatoms. The maximum atomic E-state index is 10.5. The molecule has 1 aromatic carbocycles. The molecule has 7 nitrogen and oxygen atoms in total. The molecule has 1 atom stereocenters. The van der Waals surface area contributed by atoms with E-state index < -0.39 is 6.09 Å². The molecule has 2 heterocycles. The molecule has 0 spiro atoms. The van der Waals surface area contributed by atoms with Crippen LogP contribution in [0.4, 0.5) is 4.79 Å². The summed E-state index contributed by atoms with van der Waals surface area (Å²) in [6.07, 6.45) is 2.74. The molecule has 0 bridgehead atoms. The minimum atomic E-state index is -1.08. The van der Waals surface area contributed by atoms with Gasteiger partial charge in [-0.1, -0.05) is 29.4 Å². The normalized spacial score (nSPS) is 16.2. The summed E-state index contributed by atoms with van der Waals surface area (Å²) >= 11 is 0. The third kappa shape index (κ3) is 4.01. The molecule has 2 aromatic rings. The van der Waals surface area contributed by atoms with Crippen molar-refractivity contribution in [1.82, 2.24) is 10.3 Å². The highest BCUT2D eigenvalue weighted by molar-refractivity contribution is 5.89. The van der Waals surface area contributed by atoms with Gasteiger partial charge in [-0.3, -0.25) is 4.98 Å². The van der Waals surface area contributed by atoms with Crippen LogP contribution in [-0.4, -0.2) is 41.2 Å². The van der Waals surface area contributed by atoms with E-state index in [4.69, 9.17) is 14.7 Å². The van der Waals surface area contributed by atoms with Crippen molar-refractivity contribution < 1.29 is 19.5 Å². The predicted octanol–water partition coefficient (Wildman–Crippen LogP) is 2.54. The molecule has 1 aliphatic heterocycles. The van der Waals surface area contributed by atoms with Crippen LogP contribution in [0.2, 0.25) is 0 Å². The average molecular weight is 327 g/mol. The molecule has 1 amide bonds. The fraction of sp³-hybridized carbons (Fsp3) is 0.235. The maximum absolute atomic E-state index is 10.5. The first kappa shape index (κ1) is 15.8. The zero-order chi connectivity index (χ0) is 16.8. The number of oxime groups is 1. The van der Waals surface area contributed by atoms with Crippen LogP contribution in [0.3, 0.4) is 0 Å². The monoisotopic (exact) mass is 327 g/mol. The molecule has 24 heavy (non-hydrogen) atoms. The molecule has 1 unspecified atom stereocenters. The second-order valence-corrected chi connectivity index (χ2v) is 5.30. The third-order valence-electron chi connectivity index (χ3n) is 3.52. The molecule has 0 fully saturated rings. The van der Waals surface area contributed by atoms with Crippen molar-refractivity contribution >= 4 is 11.8 Å². The number of amides is 1. The highest BCUT2D eigenvalue weighted by Crippen LogP contribution is 2.29. The van der Waals surface area contributed by atoms with E-state index in [1.165, 1.54) is 0 Å². The van der Waals surface area contributed by atoms with E-state index in [9.17, 15) is 4.79 Å². The van der Waals surface area contributed by atoms with Crippen LogP contribution in [0, 0.1) is 0 Å². The minimum Gasteiger partial charge on any atom is -0.489 e. The summed E-state index contributed by atoms with van der Waals surface area (Å²) in [5.74, 6) is 0.742. The van der Waals surface area contributed by atoms with Gasteiger partial charge in [-0.25, -0.2) is 4.79 Å². The van der Waals surface area contributed by atoms with E-state index >= 15 is 0 Å². The summed E-state index contributed by atoms with van der Waals surface area (Å²) in [6.45, 7) is 0.495. The number of carbonyl (C=O) groups is 1. The average Bonchev–Trinajstić information content (AvgIpc) is 3.07. The molecular formula is C17H17N3O4. The second-order valence-electron chi connectivity index (χ2n) is 5.30. The Kier molecular flexibility index (Phi) is 4.90. The largest absolute Gasteiger partial charge is 0.489 e. The Balaban J connectivity index is 1.58. The van der Waals surface area contributed by atoms with Crippen LogP contribution in [0.15, 0.2) is 53.9 Å². The standard InChI is InChI=1S/C17H17N3O4/c21-17(22)19-10-13-8-14(24-20-13)11-23-16-6-2-1-5-15(16)12-4-3-7-18-9-12/h1-7,9,14,19H,8,10-11H2,(H,21,22). The van der Waals surface area contributed by atoms with Gasteiger partial charge in [0, 0.05) is 29.9 Å². The van der Waals surface area contributed by atoms with Crippen LogP contribution in [-0.2, 0) is 4.84 Å². The van der Waals surface area contributed by atoms with E-state index in [0.29, 0.717) is 18.7 Å². The SMILES string of the molecule is O=C(O)NCC1=NOC(COc2ccccc2-c2cccnc2)C1. The summed E-state index contributed by atoms with van der Waals surface area (Å²) in [5, 5.41) is 14.7. The molecule has 124 valence electrons. The molecular weight excluding hydrogens is 310 g/mol. The summed E-state index contributed by atoms with van der Waals surface area (Å²) in [7, 11) is 0. The highest BCUT2D eigenvalue weighted by atomic mass is 16.7. The van der Waals surface area contributed by atoms with Gasteiger partial charge in [0.25, 0.3) is 0 Å². The second kappa shape index (κ2) is 7.45. The number of benzene rings is 1. The molecule has 1 aromatic heterocycles. The Bertz CT molecular complexity index is 734. The van der Waals surface area contributed by atoms with Gasteiger partial charge in [0.05, 0.1) is 12.3 Å². The van der Waals surface area contributed by atoms with Gasteiger partial charge in [-0.05, 0) is 12.1 Å². The maximum Gasteiger partial charge on any atom is 0.404 e.